The monoisotopic (exact) mass is 532 g/mol. The van der Waals surface area contributed by atoms with Crippen molar-refractivity contribution in [3.8, 4) is 0 Å². The summed E-state index contributed by atoms with van der Waals surface area (Å²) in [5, 5.41) is 54.1. The number of carbonyl (C=O) groups excluding carboxylic acids is 3. The zero-order chi connectivity index (χ0) is 29.0. The van der Waals surface area contributed by atoms with Gasteiger partial charge in [-0.05, 0) is 70.3 Å². The molecule has 0 aromatic rings. The minimum absolute atomic E-state index is 0.00244. The van der Waals surface area contributed by atoms with Crippen molar-refractivity contribution in [2.45, 2.75) is 104 Å². The van der Waals surface area contributed by atoms with E-state index in [-0.39, 0.29) is 36.1 Å². The van der Waals surface area contributed by atoms with Gasteiger partial charge in [-0.25, -0.2) is 0 Å². The molecule has 0 spiro atoms. The third-order valence-corrected chi connectivity index (χ3v) is 11.4. The average molecular weight is 533 g/mol. The molecule has 0 bridgehead atoms. The lowest BCUT2D eigenvalue weighted by Gasteiger charge is -2.63. The highest BCUT2D eigenvalue weighted by Crippen LogP contribution is 2.73. The van der Waals surface area contributed by atoms with Crippen LogP contribution in [0, 0.1) is 39.4 Å². The van der Waals surface area contributed by atoms with E-state index in [2.05, 4.69) is 0 Å². The Morgan fingerprint density at radius 1 is 1.08 bits per heavy atom. The van der Waals surface area contributed by atoms with Crippen molar-refractivity contribution >= 4 is 17.3 Å². The number of fused-ring (bicyclic) bond motifs is 5. The first-order chi connectivity index (χ1) is 17.1. The molecule has 2 saturated carbocycles. The first-order valence-electron chi connectivity index (χ1n) is 13.6. The van der Waals surface area contributed by atoms with E-state index in [1.54, 1.807) is 13.8 Å². The summed E-state index contributed by atoms with van der Waals surface area (Å²) in [6.45, 7) is 13.4. The standard InChI is InChI=1S/C30H44O8/c1-25(2)15-9-10-19-27(5)13-18(32)23(30(8,38)21(34)12-20(33)26(3,4)37)28(27,6)14-22(35)29(19,7)16(15)11-17(31)24(25)36/h9,11,16,18-20,23,31-33,37-38H,10,12-14H2,1-8H3/t16-,18-,19+,20?,23?,27+,28-,29+,30?/m1/s1. The number of allylic oxidation sites excluding steroid dienone is 4. The number of carbonyl (C=O) groups is 3. The number of aliphatic hydroxyl groups is 5. The molecule has 5 N–H and O–H groups in total. The fourth-order valence-corrected chi connectivity index (χ4v) is 8.78. The molecule has 0 heterocycles. The molecule has 0 radical (unpaired) electrons. The minimum atomic E-state index is -2.06. The van der Waals surface area contributed by atoms with Crippen LogP contribution < -0.4 is 0 Å². The van der Waals surface area contributed by atoms with Crippen LogP contribution in [0.3, 0.4) is 0 Å². The highest BCUT2D eigenvalue weighted by molar-refractivity contribution is 6.02. The highest BCUT2D eigenvalue weighted by Gasteiger charge is 2.74. The van der Waals surface area contributed by atoms with Gasteiger partial charge in [0.15, 0.2) is 11.5 Å². The molecule has 212 valence electrons. The summed E-state index contributed by atoms with van der Waals surface area (Å²) >= 11 is 0. The van der Waals surface area contributed by atoms with Crippen LogP contribution in [0.1, 0.15) is 81.1 Å². The molecule has 8 heteroatoms. The number of hydrogen-bond donors (Lipinski definition) is 5. The molecule has 38 heavy (non-hydrogen) atoms. The van der Waals surface area contributed by atoms with E-state index in [0.29, 0.717) is 6.42 Å². The predicted octanol–water partition coefficient (Wildman–Crippen LogP) is 2.81. The summed E-state index contributed by atoms with van der Waals surface area (Å²) in [7, 11) is 0. The second-order valence-corrected chi connectivity index (χ2v) is 14.3. The lowest BCUT2D eigenvalue weighted by molar-refractivity contribution is -0.182. The third kappa shape index (κ3) is 3.59. The number of ketones is 3. The van der Waals surface area contributed by atoms with E-state index >= 15 is 0 Å². The highest BCUT2D eigenvalue weighted by atomic mass is 16.3. The van der Waals surface area contributed by atoms with Gasteiger partial charge in [-0.15, -0.1) is 0 Å². The van der Waals surface area contributed by atoms with Crippen molar-refractivity contribution in [1.82, 2.24) is 0 Å². The van der Waals surface area contributed by atoms with E-state index in [0.717, 1.165) is 5.57 Å². The number of Topliss-reactive ketones (excluding diaryl/α,β-unsaturated/α-hetero) is 3. The Morgan fingerprint density at radius 2 is 1.66 bits per heavy atom. The van der Waals surface area contributed by atoms with Crippen LogP contribution in [0.15, 0.2) is 23.5 Å². The van der Waals surface area contributed by atoms with Crippen LogP contribution in [-0.4, -0.2) is 66.3 Å². The van der Waals surface area contributed by atoms with Crippen LogP contribution in [0.2, 0.25) is 0 Å². The largest absolute Gasteiger partial charge is 0.505 e. The Hall–Kier alpha value is -1.87. The second-order valence-electron chi connectivity index (χ2n) is 14.3. The lowest BCUT2D eigenvalue weighted by Crippen LogP contribution is -2.64. The molecule has 8 nitrogen and oxygen atoms in total. The molecule has 4 aliphatic carbocycles. The normalized spacial score (nSPS) is 42.7. The van der Waals surface area contributed by atoms with Gasteiger partial charge in [-0.3, -0.25) is 14.4 Å². The van der Waals surface area contributed by atoms with Crippen molar-refractivity contribution in [2.24, 2.45) is 39.4 Å². The maximum Gasteiger partial charge on any atom is 0.206 e. The minimum Gasteiger partial charge on any atom is -0.505 e. The van der Waals surface area contributed by atoms with Gasteiger partial charge in [-0.1, -0.05) is 32.4 Å². The number of hydrogen-bond acceptors (Lipinski definition) is 8. The van der Waals surface area contributed by atoms with Crippen molar-refractivity contribution in [1.29, 1.82) is 0 Å². The Bertz CT molecular complexity index is 1140. The quantitative estimate of drug-likeness (QED) is 0.339. The smallest absolute Gasteiger partial charge is 0.206 e. The summed E-state index contributed by atoms with van der Waals surface area (Å²) in [4.78, 5) is 40.3. The fraction of sp³-hybridized carbons (Fsp3) is 0.767. The van der Waals surface area contributed by atoms with Crippen LogP contribution in [-0.2, 0) is 14.4 Å². The van der Waals surface area contributed by atoms with Crippen LogP contribution in [0.5, 0.6) is 0 Å². The summed E-state index contributed by atoms with van der Waals surface area (Å²) < 4.78 is 0. The van der Waals surface area contributed by atoms with Gasteiger partial charge in [0.2, 0.25) is 5.78 Å². The molecule has 0 aliphatic heterocycles. The van der Waals surface area contributed by atoms with E-state index in [4.69, 9.17) is 0 Å². The molecule has 9 atom stereocenters. The molecule has 4 aliphatic rings. The topological polar surface area (TPSA) is 152 Å². The molecule has 0 aromatic heterocycles. The molecule has 0 saturated heterocycles. The average Bonchev–Trinajstić information content (AvgIpc) is 2.97. The van der Waals surface area contributed by atoms with Gasteiger partial charge in [0, 0.05) is 30.1 Å². The lowest BCUT2D eigenvalue weighted by atomic mass is 9.39. The molecule has 4 rings (SSSR count). The first-order valence-corrected chi connectivity index (χ1v) is 13.6. The SMILES string of the molecule is CC1(C)C(=O)C(O)=C[C@@H]2C1=CC[C@@H]1[C@@]2(C)C(=O)C[C@]2(C)C(C(C)(O)C(=O)CC(O)C(C)(C)O)[C@H](O)C[C@@]12C. The van der Waals surface area contributed by atoms with Crippen molar-refractivity contribution in [3.63, 3.8) is 0 Å². The van der Waals surface area contributed by atoms with Crippen LogP contribution >= 0.6 is 0 Å². The van der Waals surface area contributed by atoms with Gasteiger partial charge < -0.3 is 25.5 Å². The Kier molecular flexibility index (Phi) is 6.38. The molecule has 0 aromatic carbocycles. The van der Waals surface area contributed by atoms with Gasteiger partial charge in [0.05, 0.1) is 23.2 Å². The molecule has 3 unspecified atom stereocenters. The second kappa shape index (κ2) is 8.32. The zero-order valence-electron chi connectivity index (χ0n) is 23.8. The van der Waals surface area contributed by atoms with E-state index in [1.807, 2.05) is 26.8 Å². The van der Waals surface area contributed by atoms with Crippen LogP contribution in [0.4, 0.5) is 0 Å². The Labute approximate surface area is 224 Å². The van der Waals surface area contributed by atoms with E-state index in [1.165, 1.54) is 26.8 Å². The van der Waals surface area contributed by atoms with Crippen LogP contribution in [0.25, 0.3) is 0 Å². The fourth-order valence-electron chi connectivity index (χ4n) is 8.78. The van der Waals surface area contributed by atoms with Crippen molar-refractivity contribution < 1.29 is 39.9 Å². The van der Waals surface area contributed by atoms with Crippen molar-refractivity contribution in [2.75, 3.05) is 0 Å². The third-order valence-electron chi connectivity index (χ3n) is 11.4. The molecule has 2 fully saturated rings. The zero-order valence-corrected chi connectivity index (χ0v) is 23.8. The maximum absolute atomic E-state index is 14.2. The van der Waals surface area contributed by atoms with Gasteiger partial charge >= 0.3 is 0 Å². The maximum atomic E-state index is 14.2. The predicted molar refractivity (Wildman–Crippen MR) is 140 cm³/mol. The van der Waals surface area contributed by atoms with Crippen molar-refractivity contribution in [3.05, 3.63) is 23.5 Å². The van der Waals surface area contributed by atoms with E-state index in [9.17, 15) is 39.9 Å². The van der Waals surface area contributed by atoms with Gasteiger partial charge in [0.25, 0.3) is 0 Å². The summed E-state index contributed by atoms with van der Waals surface area (Å²) in [6, 6.07) is 0. The summed E-state index contributed by atoms with van der Waals surface area (Å²) in [5.41, 5.74) is -6.32. The molecular weight excluding hydrogens is 488 g/mol. The van der Waals surface area contributed by atoms with E-state index < -0.39 is 69.1 Å². The Balaban J connectivity index is 1.79. The molecule has 0 amide bonds. The summed E-state index contributed by atoms with van der Waals surface area (Å²) in [6.07, 6.45) is 1.27. The number of rotatable bonds is 5. The van der Waals surface area contributed by atoms with Gasteiger partial charge in [0.1, 0.15) is 11.4 Å². The summed E-state index contributed by atoms with van der Waals surface area (Å²) in [5.74, 6) is -3.25. The molecular formula is C30H44O8. The first kappa shape index (κ1) is 29.1. The number of aliphatic hydroxyl groups excluding tert-OH is 3. The van der Waals surface area contributed by atoms with Gasteiger partial charge in [-0.2, -0.15) is 0 Å². The Morgan fingerprint density at radius 3 is 2.21 bits per heavy atom.